The van der Waals surface area contributed by atoms with Gasteiger partial charge in [-0.3, -0.25) is 19.2 Å². The summed E-state index contributed by atoms with van der Waals surface area (Å²) >= 11 is 7.64. The zero-order valence-corrected chi connectivity index (χ0v) is 37.9. The molecule has 12 heteroatoms. The highest BCUT2D eigenvalue weighted by Gasteiger charge is 2.38. The van der Waals surface area contributed by atoms with Crippen LogP contribution in [-0.2, 0) is 38.1 Å². The zero-order chi connectivity index (χ0) is 39.7. The fraction of sp³-hybridized carbons (Fsp3) is 0.902. The van der Waals surface area contributed by atoms with Gasteiger partial charge in [0.05, 0.1) is 0 Å². The van der Waals surface area contributed by atoms with E-state index in [1.54, 1.807) is 0 Å². The van der Waals surface area contributed by atoms with Crippen LogP contribution in [0.4, 0.5) is 0 Å². The van der Waals surface area contributed by atoms with Crippen molar-refractivity contribution in [2.24, 2.45) is 5.41 Å². The molecule has 8 nitrogen and oxygen atoms in total. The number of carbonyl (C=O) groups excluding carboxylic acids is 4. The molecule has 0 rings (SSSR count). The summed E-state index contributed by atoms with van der Waals surface area (Å²) in [7, 11) is 0. The SMILES string of the molecule is CC(C)SCCCCCC(=O)OCC(COC(=O)CCCCCSC(C)C)(COC(=O)CCCCCSC(C)C)COC(=O)CCCCCSC(C)C. The maximum Gasteiger partial charge on any atom is 0.305 e. The molecule has 0 aromatic carbocycles. The molecule has 312 valence electrons. The standard InChI is InChI=1S/C41H76O8S4/c1-33(2)50-25-17-9-13-21-37(42)46-29-41(30-47-38(43)22-14-10-18-26-51-34(3)4,31-48-39(44)23-15-11-19-27-52-35(5)6)32-49-40(45)24-16-12-20-28-53-36(7)8/h33-36H,9-32H2,1-8H3. The van der Waals surface area contributed by atoms with Crippen molar-refractivity contribution in [3.05, 3.63) is 0 Å². The lowest BCUT2D eigenvalue weighted by Crippen LogP contribution is -2.44. The van der Waals surface area contributed by atoms with E-state index in [9.17, 15) is 19.2 Å². The highest BCUT2D eigenvalue weighted by molar-refractivity contribution is 8.00. The van der Waals surface area contributed by atoms with E-state index < -0.39 is 5.41 Å². The Hall–Kier alpha value is -0.720. The number of unbranched alkanes of at least 4 members (excludes halogenated alkanes) is 8. The minimum absolute atomic E-state index is 0.186. The number of hydrogen-bond donors (Lipinski definition) is 0. The summed E-state index contributed by atoms with van der Waals surface area (Å²) in [5.74, 6) is 2.76. The Balaban J connectivity index is 5.53. The summed E-state index contributed by atoms with van der Waals surface area (Å²) in [6.45, 7) is 16.7. The molecule has 0 aliphatic rings. The average molecular weight is 825 g/mol. The minimum Gasteiger partial charge on any atom is -0.465 e. The van der Waals surface area contributed by atoms with E-state index in [-0.39, 0.29) is 76.0 Å². The van der Waals surface area contributed by atoms with Crippen molar-refractivity contribution in [2.75, 3.05) is 49.4 Å². The molecule has 0 unspecified atom stereocenters. The molecule has 0 radical (unpaired) electrons. The van der Waals surface area contributed by atoms with Gasteiger partial charge in [-0.05, 0) is 95.4 Å². The van der Waals surface area contributed by atoms with Crippen molar-refractivity contribution in [2.45, 2.75) is 179 Å². The number of esters is 4. The molecule has 0 aromatic heterocycles. The first-order valence-electron chi connectivity index (χ1n) is 20.3. The zero-order valence-electron chi connectivity index (χ0n) is 34.7. The van der Waals surface area contributed by atoms with Crippen molar-refractivity contribution in [1.29, 1.82) is 0 Å². The summed E-state index contributed by atoms with van der Waals surface area (Å²) in [6.07, 6.45) is 11.7. The van der Waals surface area contributed by atoms with Crippen LogP contribution < -0.4 is 0 Å². The van der Waals surface area contributed by atoms with Crippen LogP contribution >= 0.6 is 47.0 Å². The van der Waals surface area contributed by atoms with Crippen LogP contribution in [0.3, 0.4) is 0 Å². The fourth-order valence-corrected chi connectivity index (χ4v) is 8.31. The van der Waals surface area contributed by atoms with Crippen molar-refractivity contribution in [3.63, 3.8) is 0 Å². The van der Waals surface area contributed by atoms with Gasteiger partial charge in [-0.1, -0.05) is 81.1 Å². The lowest BCUT2D eigenvalue weighted by atomic mass is 9.92. The minimum atomic E-state index is -1.21. The second-order valence-corrected chi connectivity index (χ2v) is 21.8. The Morgan fingerprint density at radius 2 is 0.566 bits per heavy atom. The van der Waals surface area contributed by atoms with E-state index in [1.807, 2.05) is 47.0 Å². The summed E-state index contributed by atoms with van der Waals surface area (Å²) in [5.41, 5.74) is -1.21. The van der Waals surface area contributed by atoms with Gasteiger partial charge >= 0.3 is 23.9 Å². The highest BCUT2D eigenvalue weighted by Crippen LogP contribution is 2.24. The van der Waals surface area contributed by atoms with Gasteiger partial charge in [0.1, 0.15) is 31.8 Å². The Morgan fingerprint density at radius 3 is 0.755 bits per heavy atom. The molecule has 53 heavy (non-hydrogen) atoms. The summed E-state index contributed by atoms with van der Waals surface area (Å²) in [6, 6.07) is 0. The molecule has 0 atom stereocenters. The molecular weight excluding hydrogens is 749 g/mol. The van der Waals surface area contributed by atoms with Crippen LogP contribution in [0.1, 0.15) is 158 Å². The van der Waals surface area contributed by atoms with E-state index in [4.69, 9.17) is 18.9 Å². The van der Waals surface area contributed by atoms with Crippen LogP contribution in [0.25, 0.3) is 0 Å². The fourth-order valence-electron chi connectivity index (χ4n) is 4.94. The van der Waals surface area contributed by atoms with Crippen LogP contribution in [0, 0.1) is 5.41 Å². The first-order valence-corrected chi connectivity index (χ1v) is 24.5. The average Bonchev–Trinajstić information content (AvgIpc) is 3.09. The molecule has 0 amide bonds. The molecule has 0 spiro atoms. The number of thioether (sulfide) groups is 4. The number of ether oxygens (including phenoxy) is 4. The Morgan fingerprint density at radius 1 is 0.358 bits per heavy atom. The van der Waals surface area contributed by atoms with Gasteiger partial charge in [-0.2, -0.15) is 47.0 Å². The maximum absolute atomic E-state index is 12.9. The van der Waals surface area contributed by atoms with Crippen LogP contribution in [0.5, 0.6) is 0 Å². The first-order chi connectivity index (χ1) is 25.2. The van der Waals surface area contributed by atoms with Gasteiger partial charge in [-0.15, -0.1) is 0 Å². The predicted octanol–water partition coefficient (Wildman–Crippen LogP) is 11.0. The van der Waals surface area contributed by atoms with Crippen LogP contribution in [-0.4, -0.2) is 94.3 Å². The third-order valence-electron chi connectivity index (χ3n) is 8.06. The first kappa shape index (κ1) is 52.3. The lowest BCUT2D eigenvalue weighted by molar-refractivity contribution is -0.170. The largest absolute Gasteiger partial charge is 0.465 e. The number of rotatable bonds is 36. The van der Waals surface area contributed by atoms with Crippen LogP contribution in [0.15, 0.2) is 0 Å². The Bertz CT molecular complexity index is 795. The number of carbonyl (C=O) groups is 4. The topological polar surface area (TPSA) is 105 Å². The molecule has 0 bridgehead atoms. The maximum atomic E-state index is 12.9. The lowest BCUT2D eigenvalue weighted by Gasteiger charge is -2.31. The van der Waals surface area contributed by atoms with E-state index in [0.29, 0.717) is 46.7 Å². The predicted molar refractivity (Wildman–Crippen MR) is 231 cm³/mol. The molecule has 0 heterocycles. The van der Waals surface area contributed by atoms with Gasteiger partial charge in [0.15, 0.2) is 0 Å². The molecule has 0 fully saturated rings. The van der Waals surface area contributed by atoms with Gasteiger partial charge in [0.25, 0.3) is 0 Å². The monoisotopic (exact) mass is 824 g/mol. The van der Waals surface area contributed by atoms with Gasteiger partial charge in [0, 0.05) is 25.7 Å². The molecular formula is C41H76O8S4. The third kappa shape index (κ3) is 35.4. The Labute approximate surface area is 341 Å². The molecule has 0 aliphatic carbocycles. The molecule has 0 saturated carbocycles. The second-order valence-electron chi connectivity index (χ2n) is 15.1. The molecule has 0 aromatic rings. The molecule has 0 saturated heterocycles. The van der Waals surface area contributed by atoms with Crippen LogP contribution in [0.2, 0.25) is 0 Å². The van der Waals surface area contributed by atoms with Gasteiger partial charge in [0.2, 0.25) is 0 Å². The van der Waals surface area contributed by atoms with E-state index in [0.717, 1.165) is 74.4 Å². The van der Waals surface area contributed by atoms with Crippen molar-refractivity contribution in [1.82, 2.24) is 0 Å². The molecule has 0 aliphatic heterocycles. The number of hydrogen-bond acceptors (Lipinski definition) is 12. The second kappa shape index (κ2) is 34.5. The quantitative estimate of drug-likeness (QED) is 0.0341. The van der Waals surface area contributed by atoms with Gasteiger partial charge < -0.3 is 18.9 Å². The van der Waals surface area contributed by atoms with Crippen molar-refractivity contribution >= 4 is 70.9 Å². The summed E-state index contributed by atoms with van der Waals surface area (Å²) in [5, 5.41) is 2.34. The third-order valence-corrected chi connectivity index (χ3v) is 12.8. The van der Waals surface area contributed by atoms with E-state index in [2.05, 4.69) is 55.4 Å². The van der Waals surface area contributed by atoms with Gasteiger partial charge in [-0.25, -0.2) is 0 Å². The van der Waals surface area contributed by atoms with E-state index in [1.165, 1.54) is 0 Å². The summed E-state index contributed by atoms with van der Waals surface area (Å²) in [4.78, 5) is 51.6. The van der Waals surface area contributed by atoms with E-state index >= 15 is 0 Å². The highest BCUT2D eigenvalue weighted by atomic mass is 32.2. The Kier molecular flexibility index (Phi) is 34.1. The normalized spacial score (nSPS) is 11.8. The van der Waals surface area contributed by atoms with Crippen molar-refractivity contribution < 1.29 is 38.1 Å². The summed E-state index contributed by atoms with van der Waals surface area (Å²) < 4.78 is 23.0. The van der Waals surface area contributed by atoms with Crippen molar-refractivity contribution in [3.8, 4) is 0 Å². The molecule has 0 N–H and O–H groups in total. The smallest absolute Gasteiger partial charge is 0.305 e.